The lowest BCUT2D eigenvalue weighted by Gasteiger charge is -2.07. The summed E-state index contributed by atoms with van der Waals surface area (Å²) in [4.78, 5) is 15.3. The van der Waals surface area contributed by atoms with Gasteiger partial charge in [-0.2, -0.15) is 9.97 Å². The van der Waals surface area contributed by atoms with Gasteiger partial charge in [0, 0.05) is 19.8 Å². The highest BCUT2D eigenvalue weighted by Gasteiger charge is 2.07. The Balaban J connectivity index is 1.79. The van der Waals surface area contributed by atoms with Crippen LogP contribution in [0.1, 0.15) is 26.2 Å². The molecule has 0 aromatic carbocycles. The van der Waals surface area contributed by atoms with Crippen LogP contribution < -0.4 is 11.1 Å². The van der Waals surface area contributed by atoms with Crippen molar-refractivity contribution in [3.63, 3.8) is 0 Å². The molecule has 0 amide bonds. The Morgan fingerprint density at radius 3 is 3.00 bits per heavy atom. The quantitative estimate of drug-likeness (QED) is 0.625. The number of imidazole rings is 1. The third-order valence-electron chi connectivity index (χ3n) is 2.70. The zero-order chi connectivity index (χ0) is 13.5. The number of ether oxygens (including phenoxy) is 1. The van der Waals surface area contributed by atoms with Crippen LogP contribution in [0.2, 0.25) is 0 Å². The predicted octanol–water partition coefficient (Wildman–Crippen LogP) is 1.55. The monoisotopic (exact) mass is 264 g/mol. The van der Waals surface area contributed by atoms with E-state index in [1.54, 1.807) is 6.33 Å². The second-order valence-corrected chi connectivity index (χ2v) is 4.28. The highest BCUT2D eigenvalue weighted by molar-refractivity contribution is 5.83. The number of hydrogen-bond donors (Lipinski definition) is 3. The lowest BCUT2D eigenvalue weighted by molar-refractivity contribution is 0.131. The van der Waals surface area contributed by atoms with Gasteiger partial charge in [-0.1, -0.05) is 13.3 Å². The van der Waals surface area contributed by atoms with Crippen LogP contribution in [0, 0.1) is 0 Å². The van der Waals surface area contributed by atoms with Crippen LogP contribution in [0.5, 0.6) is 0 Å². The summed E-state index contributed by atoms with van der Waals surface area (Å²) in [6, 6.07) is 0. The molecule has 2 heterocycles. The van der Waals surface area contributed by atoms with Crippen molar-refractivity contribution in [1.29, 1.82) is 0 Å². The molecule has 0 spiro atoms. The highest BCUT2D eigenvalue weighted by Crippen LogP contribution is 2.16. The smallest absolute Gasteiger partial charge is 0.224 e. The molecule has 0 bridgehead atoms. The fourth-order valence-electron chi connectivity index (χ4n) is 1.71. The Bertz CT molecular complexity index is 512. The molecule has 0 aliphatic rings. The minimum atomic E-state index is 0.223. The molecular formula is C12H20N6O. The number of unbranched alkanes of at least 4 members (excludes halogenated alkanes) is 1. The zero-order valence-electron chi connectivity index (χ0n) is 11.1. The molecule has 4 N–H and O–H groups in total. The van der Waals surface area contributed by atoms with Gasteiger partial charge in [-0.25, -0.2) is 4.98 Å². The van der Waals surface area contributed by atoms with E-state index in [2.05, 4.69) is 32.2 Å². The van der Waals surface area contributed by atoms with E-state index in [1.165, 1.54) is 0 Å². The Hall–Kier alpha value is -1.89. The number of rotatable bonds is 8. The second-order valence-electron chi connectivity index (χ2n) is 4.28. The molecule has 0 fully saturated rings. The van der Waals surface area contributed by atoms with Gasteiger partial charge < -0.3 is 20.8 Å². The molecule has 2 aromatic heterocycles. The maximum Gasteiger partial charge on any atom is 0.224 e. The fourth-order valence-corrected chi connectivity index (χ4v) is 1.71. The molecule has 7 heteroatoms. The number of nitrogens with zero attached hydrogens (tertiary/aromatic N) is 3. The van der Waals surface area contributed by atoms with Crippen molar-refractivity contribution < 1.29 is 4.74 Å². The number of nitrogens with two attached hydrogens (primary N) is 1. The summed E-state index contributed by atoms with van der Waals surface area (Å²) in [6.45, 7) is 4.51. The van der Waals surface area contributed by atoms with Gasteiger partial charge in [0.05, 0.1) is 6.33 Å². The van der Waals surface area contributed by atoms with E-state index in [0.717, 1.165) is 44.5 Å². The summed E-state index contributed by atoms with van der Waals surface area (Å²) in [5.74, 6) is 0.912. The topological polar surface area (TPSA) is 102 Å². The first-order valence-electron chi connectivity index (χ1n) is 6.59. The maximum absolute atomic E-state index is 5.63. The lowest BCUT2D eigenvalue weighted by atomic mass is 10.3. The molecule has 0 atom stereocenters. The van der Waals surface area contributed by atoms with E-state index in [4.69, 9.17) is 10.5 Å². The average Bonchev–Trinajstić information content (AvgIpc) is 2.85. The van der Waals surface area contributed by atoms with Crippen LogP contribution in [-0.2, 0) is 4.74 Å². The Labute approximate surface area is 112 Å². The molecule has 19 heavy (non-hydrogen) atoms. The zero-order valence-corrected chi connectivity index (χ0v) is 11.1. The van der Waals surface area contributed by atoms with Crippen LogP contribution >= 0.6 is 0 Å². The number of nitrogen functional groups attached to an aromatic ring is 1. The molecular weight excluding hydrogens is 244 g/mol. The van der Waals surface area contributed by atoms with E-state index >= 15 is 0 Å². The normalized spacial score (nSPS) is 11.0. The fraction of sp³-hybridized carbons (Fsp3) is 0.583. The third-order valence-corrected chi connectivity index (χ3v) is 2.70. The number of aromatic nitrogens is 4. The third kappa shape index (κ3) is 3.78. The highest BCUT2D eigenvalue weighted by atomic mass is 16.5. The molecule has 0 aliphatic carbocycles. The predicted molar refractivity (Wildman–Crippen MR) is 74.9 cm³/mol. The van der Waals surface area contributed by atoms with Gasteiger partial charge in [-0.3, -0.25) is 0 Å². The van der Waals surface area contributed by atoms with E-state index in [-0.39, 0.29) is 5.95 Å². The lowest BCUT2D eigenvalue weighted by Crippen LogP contribution is -2.09. The van der Waals surface area contributed by atoms with Gasteiger partial charge >= 0.3 is 0 Å². The number of fused-ring (bicyclic) bond motifs is 1. The van der Waals surface area contributed by atoms with E-state index < -0.39 is 0 Å². The van der Waals surface area contributed by atoms with Crippen LogP contribution in [0.15, 0.2) is 6.33 Å². The maximum atomic E-state index is 5.63. The van der Waals surface area contributed by atoms with Crippen molar-refractivity contribution >= 4 is 22.9 Å². The van der Waals surface area contributed by atoms with Crippen LogP contribution in [0.4, 0.5) is 11.8 Å². The van der Waals surface area contributed by atoms with Crippen molar-refractivity contribution in [3.8, 4) is 0 Å². The molecule has 2 aromatic rings. The number of aromatic amines is 1. The standard InChI is InChI=1S/C12H20N6O/c1-2-3-6-19-7-4-5-14-10-9-11(16-8-15-9)18-12(13)17-10/h8H,2-7H2,1H3,(H4,13,14,15,16,17,18). The minimum Gasteiger partial charge on any atom is -0.381 e. The van der Waals surface area contributed by atoms with E-state index in [0.29, 0.717) is 11.5 Å². The van der Waals surface area contributed by atoms with Crippen molar-refractivity contribution in [1.82, 2.24) is 19.9 Å². The summed E-state index contributed by atoms with van der Waals surface area (Å²) >= 11 is 0. The van der Waals surface area contributed by atoms with Gasteiger partial charge in [0.25, 0.3) is 0 Å². The van der Waals surface area contributed by atoms with Gasteiger partial charge in [-0.15, -0.1) is 0 Å². The van der Waals surface area contributed by atoms with Crippen LogP contribution in [0.25, 0.3) is 11.2 Å². The summed E-state index contributed by atoms with van der Waals surface area (Å²) in [5, 5.41) is 3.22. The van der Waals surface area contributed by atoms with E-state index in [9.17, 15) is 0 Å². The van der Waals surface area contributed by atoms with Gasteiger partial charge in [0.2, 0.25) is 5.95 Å². The Morgan fingerprint density at radius 2 is 2.16 bits per heavy atom. The molecule has 0 saturated heterocycles. The van der Waals surface area contributed by atoms with Gasteiger partial charge in [0.1, 0.15) is 5.52 Å². The molecule has 0 radical (unpaired) electrons. The Kier molecular flexibility index (Phi) is 4.91. The summed E-state index contributed by atoms with van der Waals surface area (Å²) in [6.07, 6.45) is 4.78. The summed E-state index contributed by atoms with van der Waals surface area (Å²) in [7, 11) is 0. The molecule has 2 rings (SSSR count). The second kappa shape index (κ2) is 6.89. The first-order chi connectivity index (χ1) is 9.31. The van der Waals surface area contributed by atoms with Crippen molar-refractivity contribution in [2.45, 2.75) is 26.2 Å². The SMILES string of the molecule is CCCCOCCCNc1nc(N)nc2nc[nH]c12. The number of anilines is 2. The number of hydrogen-bond acceptors (Lipinski definition) is 6. The first-order valence-corrected chi connectivity index (χ1v) is 6.59. The van der Waals surface area contributed by atoms with Crippen LogP contribution in [0.3, 0.4) is 0 Å². The van der Waals surface area contributed by atoms with Crippen LogP contribution in [-0.4, -0.2) is 39.7 Å². The average molecular weight is 264 g/mol. The van der Waals surface area contributed by atoms with Gasteiger partial charge in [-0.05, 0) is 12.8 Å². The van der Waals surface area contributed by atoms with Crippen molar-refractivity contribution in [2.24, 2.45) is 0 Å². The number of H-pyrrole nitrogens is 1. The largest absolute Gasteiger partial charge is 0.381 e. The Morgan fingerprint density at radius 1 is 1.32 bits per heavy atom. The van der Waals surface area contributed by atoms with Crippen molar-refractivity contribution in [2.75, 3.05) is 30.8 Å². The molecule has 104 valence electrons. The number of nitrogens with one attached hydrogen (secondary N) is 2. The molecule has 7 nitrogen and oxygen atoms in total. The molecule has 0 saturated carbocycles. The molecule has 0 aliphatic heterocycles. The van der Waals surface area contributed by atoms with Crippen molar-refractivity contribution in [3.05, 3.63) is 6.33 Å². The molecule has 0 unspecified atom stereocenters. The minimum absolute atomic E-state index is 0.223. The van der Waals surface area contributed by atoms with E-state index in [1.807, 2.05) is 0 Å². The first kappa shape index (κ1) is 13.5. The van der Waals surface area contributed by atoms with Gasteiger partial charge in [0.15, 0.2) is 11.5 Å². The summed E-state index contributed by atoms with van der Waals surface area (Å²) < 4.78 is 5.49. The summed E-state index contributed by atoms with van der Waals surface area (Å²) in [5.41, 5.74) is 6.99.